The van der Waals surface area contributed by atoms with Gasteiger partial charge in [0, 0.05) is 17.4 Å². The third-order valence-corrected chi connectivity index (χ3v) is 4.63. The summed E-state index contributed by atoms with van der Waals surface area (Å²) in [6.07, 6.45) is 4.76. The summed E-state index contributed by atoms with van der Waals surface area (Å²) in [5.74, 6) is 0.344. The molecule has 5 heteroatoms. The van der Waals surface area contributed by atoms with Crippen molar-refractivity contribution in [2.75, 3.05) is 10.6 Å². The van der Waals surface area contributed by atoms with Crippen LogP contribution in [0.15, 0.2) is 24.3 Å². The van der Waals surface area contributed by atoms with Gasteiger partial charge in [0.2, 0.25) is 5.95 Å². The number of aryl methyl sites for hydroxylation is 2. The molecule has 1 heterocycles. The molecule has 1 aliphatic carbocycles. The third kappa shape index (κ3) is 3.72. The fraction of sp³-hybridized carbons (Fsp3) is 0.421. The maximum absolute atomic E-state index is 12.6. The SMILES string of the molecule is Cc1cc(C(=O)Nc2cccc(C)c2C)nc(NC2CCCC2)n1. The van der Waals surface area contributed by atoms with E-state index in [4.69, 9.17) is 0 Å². The number of hydrogen-bond donors (Lipinski definition) is 2. The Morgan fingerprint density at radius 1 is 1.12 bits per heavy atom. The van der Waals surface area contributed by atoms with E-state index in [9.17, 15) is 4.79 Å². The van der Waals surface area contributed by atoms with Gasteiger partial charge in [-0.15, -0.1) is 0 Å². The number of amides is 1. The van der Waals surface area contributed by atoms with Crippen molar-refractivity contribution >= 4 is 17.5 Å². The van der Waals surface area contributed by atoms with Crippen LogP contribution in [-0.2, 0) is 0 Å². The molecule has 0 saturated heterocycles. The number of carbonyl (C=O) groups is 1. The first kappa shape index (κ1) is 16.4. The van der Waals surface area contributed by atoms with Crippen molar-refractivity contribution < 1.29 is 4.79 Å². The van der Waals surface area contributed by atoms with Crippen molar-refractivity contribution in [3.63, 3.8) is 0 Å². The largest absolute Gasteiger partial charge is 0.351 e. The molecule has 1 fully saturated rings. The molecule has 2 N–H and O–H groups in total. The Bertz CT molecular complexity index is 751. The summed E-state index contributed by atoms with van der Waals surface area (Å²) in [7, 11) is 0. The minimum Gasteiger partial charge on any atom is -0.351 e. The molecule has 24 heavy (non-hydrogen) atoms. The smallest absolute Gasteiger partial charge is 0.274 e. The summed E-state index contributed by atoms with van der Waals surface area (Å²) < 4.78 is 0. The maximum Gasteiger partial charge on any atom is 0.274 e. The van der Waals surface area contributed by atoms with Crippen LogP contribution in [0.3, 0.4) is 0 Å². The molecule has 2 aromatic rings. The molecule has 0 bridgehead atoms. The van der Waals surface area contributed by atoms with Crippen molar-refractivity contribution in [2.45, 2.75) is 52.5 Å². The zero-order valence-corrected chi connectivity index (χ0v) is 14.5. The summed E-state index contributed by atoms with van der Waals surface area (Å²) in [5.41, 5.74) is 4.22. The minimum atomic E-state index is -0.205. The molecule has 1 aromatic heterocycles. The van der Waals surface area contributed by atoms with Crippen LogP contribution in [0.2, 0.25) is 0 Å². The molecule has 0 atom stereocenters. The number of aromatic nitrogens is 2. The van der Waals surface area contributed by atoms with Gasteiger partial charge in [0.05, 0.1) is 0 Å². The van der Waals surface area contributed by atoms with E-state index in [2.05, 4.69) is 20.6 Å². The number of nitrogens with zero attached hydrogens (tertiary/aromatic N) is 2. The number of hydrogen-bond acceptors (Lipinski definition) is 4. The van der Waals surface area contributed by atoms with Crippen molar-refractivity contribution in [1.82, 2.24) is 9.97 Å². The number of carbonyl (C=O) groups excluding carboxylic acids is 1. The Balaban J connectivity index is 1.78. The predicted octanol–water partition coefficient (Wildman–Crippen LogP) is 4.01. The van der Waals surface area contributed by atoms with Gasteiger partial charge in [-0.3, -0.25) is 4.79 Å². The van der Waals surface area contributed by atoms with Crippen LogP contribution >= 0.6 is 0 Å². The lowest BCUT2D eigenvalue weighted by Gasteiger charge is -2.14. The third-order valence-electron chi connectivity index (χ3n) is 4.63. The second kappa shape index (κ2) is 6.99. The molecule has 0 aliphatic heterocycles. The Hall–Kier alpha value is -2.43. The van der Waals surface area contributed by atoms with Gasteiger partial charge in [-0.25, -0.2) is 9.97 Å². The van der Waals surface area contributed by atoms with Crippen molar-refractivity contribution in [2.24, 2.45) is 0 Å². The van der Waals surface area contributed by atoms with Gasteiger partial charge < -0.3 is 10.6 Å². The molecule has 126 valence electrons. The Morgan fingerprint density at radius 2 is 1.88 bits per heavy atom. The molecule has 1 aliphatic rings. The number of nitrogens with one attached hydrogen (secondary N) is 2. The molecule has 0 spiro atoms. The van der Waals surface area contributed by atoms with Crippen LogP contribution in [0.5, 0.6) is 0 Å². The average molecular weight is 324 g/mol. The van der Waals surface area contributed by atoms with E-state index in [1.165, 1.54) is 12.8 Å². The quantitative estimate of drug-likeness (QED) is 0.892. The highest BCUT2D eigenvalue weighted by Gasteiger charge is 2.17. The minimum absolute atomic E-state index is 0.205. The molecule has 0 unspecified atom stereocenters. The fourth-order valence-electron chi connectivity index (χ4n) is 3.08. The van der Waals surface area contributed by atoms with E-state index in [1.807, 2.05) is 39.0 Å². The van der Waals surface area contributed by atoms with Crippen LogP contribution in [0.25, 0.3) is 0 Å². The van der Waals surface area contributed by atoms with Crippen LogP contribution in [-0.4, -0.2) is 21.9 Å². The Labute approximate surface area is 142 Å². The van der Waals surface area contributed by atoms with Crippen molar-refractivity contribution in [3.05, 3.63) is 46.8 Å². The number of rotatable bonds is 4. The van der Waals surface area contributed by atoms with Crippen LogP contribution in [0.4, 0.5) is 11.6 Å². The van der Waals surface area contributed by atoms with Gasteiger partial charge in [-0.1, -0.05) is 25.0 Å². The summed E-state index contributed by atoms with van der Waals surface area (Å²) in [6, 6.07) is 8.02. The summed E-state index contributed by atoms with van der Waals surface area (Å²) in [4.78, 5) is 21.4. The molecular weight excluding hydrogens is 300 g/mol. The highest BCUT2D eigenvalue weighted by atomic mass is 16.1. The first-order chi connectivity index (χ1) is 11.5. The Kier molecular flexibility index (Phi) is 4.79. The second-order valence-electron chi connectivity index (χ2n) is 6.55. The van der Waals surface area contributed by atoms with E-state index >= 15 is 0 Å². The molecule has 1 amide bonds. The normalized spacial score (nSPS) is 14.6. The second-order valence-corrected chi connectivity index (χ2v) is 6.55. The lowest BCUT2D eigenvalue weighted by molar-refractivity contribution is 0.102. The van der Waals surface area contributed by atoms with Gasteiger partial charge in [-0.05, 0) is 56.9 Å². The molecule has 0 radical (unpaired) electrons. The topological polar surface area (TPSA) is 66.9 Å². The first-order valence-electron chi connectivity index (χ1n) is 8.53. The predicted molar refractivity (Wildman–Crippen MR) is 96.5 cm³/mol. The van der Waals surface area contributed by atoms with Gasteiger partial charge in [0.25, 0.3) is 5.91 Å². The highest BCUT2D eigenvalue weighted by molar-refractivity contribution is 6.03. The molecule has 5 nitrogen and oxygen atoms in total. The standard InChI is InChI=1S/C19H24N4O/c1-12-7-6-10-16(14(12)3)22-18(24)17-11-13(2)20-19(23-17)21-15-8-4-5-9-15/h6-7,10-11,15H,4-5,8-9H2,1-3H3,(H,22,24)(H,20,21,23). The van der Waals surface area contributed by atoms with Crippen LogP contribution < -0.4 is 10.6 Å². The zero-order valence-electron chi connectivity index (χ0n) is 14.5. The van der Waals surface area contributed by atoms with E-state index < -0.39 is 0 Å². The molecular formula is C19H24N4O. The van der Waals surface area contributed by atoms with E-state index in [-0.39, 0.29) is 5.91 Å². The molecule has 1 aromatic carbocycles. The summed E-state index contributed by atoms with van der Waals surface area (Å²) in [5, 5.41) is 6.32. The molecule has 1 saturated carbocycles. The first-order valence-corrected chi connectivity index (χ1v) is 8.53. The zero-order chi connectivity index (χ0) is 17.1. The van der Waals surface area contributed by atoms with Gasteiger partial charge in [0.15, 0.2) is 0 Å². The lowest BCUT2D eigenvalue weighted by atomic mass is 10.1. The van der Waals surface area contributed by atoms with Crippen molar-refractivity contribution in [1.29, 1.82) is 0 Å². The number of anilines is 2. The summed E-state index contributed by atoms with van der Waals surface area (Å²) >= 11 is 0. The Morgan fingerprint density at radius 3 is 2.62 bits per heavy atom. The van der Waals surface area contributed by atoms with E-state index in [0.29, 0.717) is 17.7 Å². The van der Waals surface area contributed by atoms with Crippen LogP contribution in [0.1, 0.15) is 53.0 Å². The fourth-order valence-corrected chi connectivity index (χ4v) is 3.08. The average Bonchev–Trinajstić information content (AvgIpc) is 3.04. The van der Waals surface area contributed by atoms with Crippen LogP contribution in [0, 0.1) is 20.8 Å². The van der Waals surface area contributed by atoms with Gasteiger partial charge in [0.1, 0.15) is 5.69 Å². The molecule has 3 rings (SSSR count). The lowest BCUT2D eigenvalue weighted by Crippen LogP contribution is -2.20. The van der Waals surface area contributed by atoms with Crippen molar-refractivity contribution in [3.8, 4) is 0 Å². The van der Waals surface area contributed by atoms with E-state index in [1.54, 1.807) is 6.07 Å². The highest BCUT2D eigenvalue weighted by Crippen LogP contribution is 2.22. The van der Waals surface area contributed by atoms with Gasteiger partial charge in [-0.2, -0.15) is 0 Å². The maximum atomic E-state index is 12.6. The monoisotopic (exact) mass is 324 g/mol. The number of benzene rings is 1. The summed E-state index contributed by atoms with van der Waals surface area (Å²) in [6.45, 7) is 5.92. The van der Waals surface area contributed by atoms with E-state index in [0.717, 1.165) is 35.3 Å². The van der Waals surface area contributed by atoms with Gasteiger partial charge >= 0.3 is 0 Å².